The van der Waals surface area contributed by atoms with Crippen molar-refractivity contribution in [2.45, 2.75) is 45.2 Å². The van der Waals surface area contributed by atoms with Crippen LogP contribution in [0.1, 0.15) is 36.5 Å². The Hall–Kier alpha value is -2.67. The zero-order chi connectivity index (χ0) is 24.2. The minimum absolute atomic E-state index is 0.252. The predicted molar refractivity (Wildman–Crippen MR) is 141 cm³/mol. The lowest BCUT2D eigenvalue weighted by atomic mass is 9.79. The lowest BCUT2D eigenvalue weighted by Gasteiger charge is -2.36. The Balaban J connectivity index is 1.08. The van der Waals surface area contributed by atoms with Crippen molar-refractivity contribution < 1.29 is 10.2 Å². The van der Waals surface area contributed by atoms with Gasteiger partial charge in [-0.3, -0.25) is 14.8 Å². The number of pyridine rings is 1. The van der Waals surface area contributed by atoms with Crippen molar-refractivity contribution >= 4 is 10.9 Å². The monoisotopic (exact) mass is 474 g/mol. The molecule has 1 fully saturated rings. The first-order valence-electron chi connectivity index (χ1n) is 13.2. The fraction of sp³-hybridized carbons (Fsp3) is 0.483. The first kappa shape index (κ1) is 24.0. The zero-order valence-corrected chi connectivity index (χ0v) is 20.8. The van der Waals surface area contributed by atoms with Crippen LogP contribution in [0.5, 0.6) is 11.5 Å². The SMILES string of the molecule is CCC(NCCN1CCN(Cc2ccc(O)c3ncccc23)CC1)C1CCc2c(O)cccc2C1. The largest absolute Gasteiger partial charge is 0.508 e. The quantitative estimate of drug-likeness (QED) is 0.459. The van der Waals surface area contributed by atoms with Gasteiger partial charge in [0.1, 0.15) is 17.0 Å². The molecule has 1 aliphatic heterocycles. The van der Waals surface area contributed by atoms with Gasteiger partial charge in [0.15, 0.2) is 0 Å². The minimum atomic E-state index is 0.252. The molecule has 2 heterocycles. The van der Waals surface area contributed by atoms with E-state index in [0.717, 1.165) is 82.4 Å². The maximum Gasteiger partial charge on any atom is 0.141 e. The van der Waals surface area contributed by atoms with Gasteiger partial charge in [-0.15, -0.1) is 0 Å². The van der Waals surface area contributed by atoms with E-state index in [1.54, 1.807) is 12.3 Å². The summed E-state index contributed by atoms with van der Waals surface area (Å²) in [4.78, 5) is 9.43. The van der Waals surface area contributed by atoms with Gasteiger partial charge in [0.05, 0.1) is 0 Å². The van der Waals surface area contributed by atoms with Crippen LogP contribution in [0.25, 0.3) is 10.9 Å². The van der Waals surface area contributed by atoms with Crippen molar-refractivity contribution in [3.63, 3.8) is 0 Å². The number of hydrogen-bond acceptors (Lipinski definition) is 6. The summed E-state index contributed by atoms with van der Waals surface area (Å²) in [5.74, 6) is 1.36. The molecule has 6 nitrogen and oxygen atoms in total. The molecule has 2 aliphatic rings. The molecule has 0 saturated carbocycles. The van der Waals surface area contributed by atoms with Gasteiger partial charge in [0.2, 0.25) is 0 Å². The Morgan fingerprint density at radius 3 is 2.66 bits per heavy atom. The number of piperazine rings is 1. The third kappa shape index (κ3) is 5.45. The van der Waals surface area contributed by atoms with Gasteiger partial charge in [-0.05, 0) is 66.5 Å². The molecule has 6 heteroatoms. The van der Waals surface area contributed by atoms with Crippen molar-refractivity contribution in [2.24, 2.45) is 5.92 Å². The van der Waals surface area contributed by atoms with Crippen LogP contribution in [0, 0.1) is 5.92 Å². The Morgan fingerprint density at radius 1 is 1.00 bits per heavy atom. The fourth-order valence-electron chi connectivity index (χ4n) is 5.98. The molecule has 186 valence electrons. The summed E-state index contributed by atoms with van der Waals surface area (Å²) in [7, 11) is 0. The summed E-state index contributed by atoms with van der Waals surface area (Å²) in [5, 5.41) is 25.2. The molecule has 35 heavy (non-hydrogen) atoms. The number of hydrogen-bond donors (Lipinski definition) is 3. The molecule has 0 radical (unpaired) electrons. The van der Waals surface area contributed by atoms with Crippen LogP contribution in [0.15, 0.2) is 48.7 Å². The van der Waals surface area contributed by atoms with E-state index in [1.165, 1.54) is 11.1 Å². The second kappa shape index (κ2) is 10.9. The maximum atomic E-state index is 10.1. The van der Waals surface area contributed by atoms with E-state index in [2.05, 4.69) is 39.2 Å². The Bertz CT molecular complexity index is 1140. The normalized spacial score (nSPS) is 20.1. The average Bonchev–Trinajstić information content (AvgIpc) is 2.89. The van der Waals surface area contributed by atoms with E-state index in [0.29, 0.717) is 23.2 Å². The molecule has 2 aromatic carbocycles. The number of nitrogens with one attached hydrogen (secondary N) is 1. The van der Waals surface area contributed by atoms with Crippen molar-refractivity contribution in [3.8, 4) is 11.5 Å². The highest BCUT2D eigenvalue weighted by atomic mass is 16.3. The second-order valence-electron chi connectivity index (χ2n) is 10.1. The van der Waals surface area contributed by atoms with E-state index >= 15 is 0 Å². The minimum Gasteiger partial charge on any atom is -0.508 e. The molecule has 0 amide bonds. The van der Waals surface area contributed by atoms with Crippen LogP contribution in [-0.2, 0) is 19.4 Å². The van der Waals surface area contributed by atoms with Crippen LogP contribution < -0.4 is 5.32 Å². The summed E-state index contributed by atoms with van der Waals surface area (Å²) >= 11 is 0. The van der Waals surface area contributed by atoms with Crippen LogP contribution >= 0.6 is 0 Å². The van der Waals surface area contributed by atoms with Crippen molar-refractivity contribution in [1.29, 1.82) is 0 Å². The summed E-state index contributed by atoms with van der Waals surface area (Å²) < 4.78 is 0. The first-order chi connectivity index (χ1) is 17.1. The molecule has 3 aromatic rings. The van der Waals surface area contributed by atoms with Crippen molar-refractivity contribution in [1.82, 2.24) is 20.1 Å². The third-order valence-electron chi connectivity index (χ3n) is 8.04. The number of phenolic OH excluding ortho intramolecular Hbond substituents is 2. The van der Waals surface area contributed by atoms with Gasteiger partial charge in [-0.2, -0.15) is 0 Å². The summed E-state index contributed by atoms with van der Waals surface area (Å²) in [6.45, 7) is 9.58. The van der Waals surface area contributed by atoms with Gasteiger partial charge in [-0.1, -0.05) is 31.2 Å². The Labute approximate surface area is 208 Å². The standard InChI is InChI=1S/C29H38N4O2/c1-2-26(22-8-10-24-21(19-22)5-3-7-27(24)34)30-13-14-32-15-17-33(18-16-32)20-23-9-11-28(35)29-25(23)6-4-12-31-29/h3-7,9,11-12,22,26,30,34-35H,2,8,10,13-20H2,1H3. The van der Waals surface area contributed by atoms with E-state index in [9.17, 15) is 10.2 Å². The highest BCUT2D eigenvalue weighted by Crippen LogP contribution is 2.33. The van der Waals surface area contributed by atoms with E-state index in [-0.39, 0.29) is 5.75 Å². The van der Waals surface area contributed by atoms with Crippen molar-refractivity contribution in [2.75, 3.05) is 39.3 Å². The van der Waals surface area contributed by atoms with Crippen LogP contribution in [0.2, 0.25) is 0 Å². The predicted octanol–water partition coefficient (Wildman–Crippen LogP) is 3.94. The van der Waals surface area contributed by atoms with E-state index in [4.69, 9.17) is 0 Å². The maximum absolute atomic E-state index is 10.1. The molecular formula is C29H38N4O2. The first-order valence-corrected chi connectivity index (χ1v) is 13.2. The molecular weight excluding hydrogens is 436 g/mol. The lowest BCUT2D eigenvalue weighted by Crippen LogP contribution is -2.49. The molecule has 1 aliphatic carbocycles. The molecule has 2 unspecified atom stereocenters. The van der Waals surface area contributed by atoms with Gasteiger partial charge >= 0.3 is 0 Å². The number of phenols is 2. The number of benzene rings is 2. The second-order valence-corrected chi connectivity index (χ2v) is 10.1. The van der Waals surface area contributed by atoms with Gasteiger partial charge in [0, 0.05) is 63.4 Å². The third-order valence-corrected chi connectivity index (χ3v) is 8.04. The summed E-state index contributed by atoms with van der Waals surface area (Å²) in [6.07, 6.45) is 6.08. The van der Waals surface area contributed by atoms with Gasteiger partial charge in [0.25, 0.3) is 0 Å². The summed E-state index contributed by atoms with van der Waals surface area (Å²) in [5.41, 5.74) is 4.41. The van der Waals surface area contributed by atoms with Crippen LogP contribution in [-0.4, -0.2) is 70.3 Å². The Kier molecular flexibility index (Phi) is 7.51. The van der Waals surface area contributed by atoms with Crippen molar-refractivity contribution in [3.05, 3.63) is 65.4 Å². The molecule has 3 N–H and O–H groups in total. The van der Waals surface area contributed by atoms with Crippen LogP contribution in [0.4, 0.5) is 0 Å². The molecule has 1 saturated heterocycles. The smallest absolute Gasteiger partial charge is 0.141 e. The number of nitrogens with zero attached hydrogens (tertiary/aromatic N) is 3. The van der Waals surface area contributed by atoms with Gasteiger partial charge < -0.3 is 15.5 Å². The molecule has 0 spiro atoms. The Morgan fingerprint density at radius 2 is 1.83 bits per heavy atom. The fourth-order valence-corrected chi connectivity index (χ4v) is 5.98. The number of aromatic hydroxyl groups is 2. The highest BCUT2D eigenvalue weighted by molar-refractivity contribution is 5.87. The molecule has 1 aromatic heterocycles. The highest BCUT2D eigenvalue weighted by Gasteiger charge is 2.26. The lowest BCUT2D eigenvalue weighted by molar-refractivity contribution is 0.126. The van der Waals surface area contributed by atoms with E-state index < -0.39 is 0 Å². The van der Waals surface area contributed by atoms with E-state index in [1.807, 2.05) is 24.3 Å². The molecule has 5 rings (SSSR count). The summed E-state index contributed by atoms with van der Waals surface area (Å²) in [6, 6.07) is 14.3. The number of fused-ring (bicyclic) bond motifs is 2. The number of aromatic nitrogens is 1. The topological polar surface area (TPSA) is 71.9 Å². The van der Waals surface area contributed by atoms with Gasteiger partial charge in [-0.25, -0.2) is 0 Å². The van der Waals surface area contributed by atoms with Crippen LogP contribution in [0.3, 0.4) is 0 Å². The number of rotatable bonds is 8. The zero-order valence-electron chi connectivity index (χ0n) is 20.8. The molecule has 2 atom stereocenters. The average molecular weight is 475 g/mol. The molecule has 0 bridgehead atoms.